The molecule has 0 saturated carbocycles. The summed E-state index contributed by atoms with van der Waals surface area (Å²) in [4.78, 5) is 2.51. The average molecular weight is 293 g/mol. The van der Waals surface area contributed by atoms with E-state index in [1.54, 1.807) is 44.0 Å². The van der Waals surface area contributed by atoms with Gasteiger partial charge in [0.15, 0.2) is 0 Å². The van der Waals surface area contributed by atoms with E-state index in [9.17, 15) is 5.11 Å². The van der Waals surface area contributed by atoms with Crippen LogP contribution >= 0.6 is 22.7 Å². The minimum Gasteiger partial charge on any atom is -0.426 e. The molecule has 0 fully saturated rings. The summed E-state index contributed by atoms with van der Waals surface area (Å²) in [6.07, 6.45) is 0. The third-order valence-electron chi connectivity index (χ3n) is 3.33. The smallest absolute Gasteiger partial charge is 0.341 e. The summed E-state index contributed by atoms with van der Waals surface area (Å²) < 4.78 is 6.81. The molecule has 0 aromatic carbocycles. The van der Waals surface area contributed by atoms with Gasteiger partial charge in [0.25, 0.3) is 0 Å². The van der Waals surface area contributed by atoms with Gasteiger partial charge in [-0.25, -0.2) is 0 Å². The van der Waals surface area contributed by atoms with E-state index in [0.717, 1.165) is 4.78 Å². The summed E-state index contributed by atoms with van der Waals surface area (Å²) in [6.45, 7) is 7.28. The van der Waals surface area contributed by atoms with E-state index < -0.39 is 11.2 Å². The predicted molar refractivity (Wildman–Crippen MR) is 84.5 cm³/mol. The highest BCUT2D eigenvalue weighted by atomic mass is 32.1. The highest BCUT2D eigenvalue weighted by Gasteiger charge is 2.35. The molecule has 0 atom stereocenters. The van der Waals surface area contributed by atoms with Crippen molar-refractivity contribution in [3.63, 3.8) is 0 Å². The molecule has 2 aromatic rings. The average Bonchev–Trinajstić information content (AvgIpc) is 2.96. The molecule has 101 valence electrons. The molecule has 0 aliphatic rings. The van der Waals surface area contributed by atoms with Gasteiger partial charge < -0.3 is 9.76 Å². The molecule has 0 aliphatic heterocycles. The molecular weight excluding hydrogens is 275 g/mol. The first-order chi connectivity index (χ1) is 8.79. The lowest BCUT2D eigenvalue weighted by Crippen LogP contribution is -2.49. The Labute approximate surface area is 123 Å². The van der Waals surface area contributed by atoms with Crippen molar-refractivity contribution in [3.8, 4) is 9.75 Å². The minimum atomic E-state index is -0.892. The zero-order chi connectivity index (χ0) is 14.1. The minimum absolute atomic E-state index is 0.625. The van der Waals surface area contributed by atoms with Crippen molar-refractivity contribution < 1.29 is 9.76 Å². The molecule has 19 heavy (non-hydrogen) atoms. The molecule has 0 aliphatic carbocycles. The molecule has 1 N–H and O–H groups in total. The second kappa shape index (κ2) is 5.41. The lowest BCUT2D eigenvalue weighted by atomic mass is 9.86. The van der Waals surface area contributed by atoms with Gasteiger partial charge in [-0.05, 0) is 45.2 Å². The van der Waals surface area contributed by atoms with E-state index in [4.69, 9.17) is 4.65 Å². The Morgan fingerprint density at radius 1 is 1.11 bits per heavy atom. The van der Waals surface area contributed by atoms with E-state index in [-0.39, 0.29) is 0 Å². The van der Waals surface area contributed by atoms with Crippen LogP contribution in [-0.2, 0) is 4.65 Å². The predicted octanol–water partition coefficient (Wildman–Crippen LogP) is 3.29. The van der Waals surface area contributed by atoms with Crippen molar-refractivity contribution >= 4 is 34.9 Å². The summed E-state index contributed by atoms with van der Waals surface area (Å²) in [6, 6.07) is 8.31. The van der Waals surface area contributed by atoms with E-state index in [2.05, 4.69) is 23.6 Å². The van der Waals surface area contributed by atoms with Crippen molar-refractivity contribution in [2.75, 3.05) is 0 Å². The summed E-state index contributed by atoms with van der Waals surface area (Å²) in [5, 5.41) is 12.1. The summed E-state index contributed by atoms with van der Waals surface area (Å²) in [5.41, 5.74) is -1.52. The SMILES string of the molecule is CC(C)(O)C(C)(C)O[B]c1ccc(-c2cccs2)s1. The first-order valence-corrected chi connectivity index (χ1v) is 7.86. The van der Waals surface area contributed by atoms with Crippen LogP contribution in [0.5, 0.6) is 0 Å². The van der Waals surface area contributed by atoms with E-state index in [0.29, 0.717) is 0 Å². The van der Waals surface area contributed by atoms with Gasteiger partial charge in [-0.1, -0.05) is 12.1 Å². The fourth-order valence-electron chi connectivity index (χ4n) is 1.32. The van der Waals surface area contributed by atoms with Crippen molar-refractivity contribution in [3.05, 3.63) is 29.6 Å². The maximum absolute atomic E-state index is 10.0. The standard InChI is InChI=1S/C14H18BO2S2/c1-13(2,16)14(3,4)17-15-12-8-7-11(19-12)10-6-5-9-18-10/h5-9,16H,1-4H3. The maximum Gasteiger partial charge on any atom is 0.341 e. The summed E-state index contributed by atoms with van der Waals surface area (Å²) in [5.74, 6) is 0. The largest absolute Gasteiger partial charge is 0.426 e. The number of hydrogen-bond acceptors (Lipinski definition) is 4. The van der Waals surface area contributed by atoms with Crippen molar-refractivity contribution in [1.29, 1.82) is 0 Å². The molecule has 2 rings (SSSR count). The van der Waals surface area contributed by atoms with Gasteiger partial charge in [0, 0.05) is 14.5 Å². The fraction of sp³-hybridized carbons (Fsp3) is 0.429. The zero-order valence-corrected chi connectivity index (χ0v) is 13.3. The highest BCUT2D eigenvalue weighted by molar-refractivity contribution is 7.26. The number of hydrogen-bond donors (Lipinski definition) is 1. The van der Waals surface area contributed by atoms with Crippen LogP contribution in [0.25, 0.3) is 9.75 Å². The third kappa shape index (κ3) is 3.48. The number of thiophene rings is 2. The van der Waals surface area contributed by atoms with Gasteiger partial charge >= 0.3 is 7.48 Å². The second-order valence-electron chi connectivity index (χ2n) is 5.48. The van der Waals surface area contributed by atoms with Crippen LogP contribution in [0.3, 0.4) is 0 Å². The van der Waals surface area contributed by atoms with E-state index in [1.165, 1.54) is 9.75 Å². The molecule has 0 amide bonds. The van der Waals surface area contributed by atoms with Crippen LogP contribution in [0.15, 0.2) is 29.6 Å². The fourth-order valence-corrected chi connectivity index (χ4v) is 3.02. The van der Waals surface area contributed by atoms with Gasteiger partial charge in [0.2, 0.25) is 0 Å². The van der Waals surface area contributed by atoms with E-state index >= 15 is 0 Å². The molecular formula is C14H18BO2S2. The third-order valence-corrected chi connectivity index (χ3v) is 5.41. The molecule has 0 unspecified atom stereocenters. The summed E-state index contributed by atoms with van der Waals surface area (Å²) >= 11 is 3.42. The molecule has 2 aromatic heterocycles. The van der Waals surface area contributed by atoms with Crippen LogP contribution in [0.2, 0.25) is 0 Å². The Hall–Kier alpha value is -0.615. The number of aliphatic hydroxyl groups is 1. The van der Waals surface area contributed by atoms with Crippen LogP contribution in [0.1, 0.15) is 27.7 Å². The Balaban J connectivity index is 2.02. The van der Waals surface area contributed by atoms with Crippen molar-refractivity contribution in [2.45, 2.75) is 38.9 Å². The van der Waals surface area contributed by atoms with Gasteiger partial charge in [0.05, 0.1) is 11.2 Å². The topological polar surface area (TPSA) is 29.5 Å². The van der Waals surface area contributed by atoms with Crippen LogP contribution in [0.4, 0.5) is 0 Å². The molecule has 5 heteroatoms. The zero-order valence-electron chi connectivity index (χ0n) is 11.6. The molecule has 0 spiro atoms. The monoisotopic (exact) mass is 293 g/mol. The lowest BCUT2D eigenvalue weighted by Gasteiger charge is -2.37. The highest BCUT2D eigenvalue weighted by Crippen LogP contribution is 2.28. The molecule has 0 saturated heterocycles. The second-order valence-corrected chi connectivity index (χ2v) is 7.55. The van der Waals surface area contributed by atoms with Crippen LogP contribution < -0.4 is 4.78 Å². The maximum atomic E-state index is 10.0. The number of rotatable bonds is 5. The Morgan fingerprint density at radius 3 is 2.42 bits per heavy atom. The molecule has 2 nitrogen and oxygen atoms in total. The summed E-state index contributed by atoms with van der Waals surface area (Å²) in [7, 11) is 1.74. The first-order valence-electron chi connectivity index (χ1n) is 6.17. The van der Waals surface area contributed by atoms with Gasteiger partial charge in [-0.2, -0.15) is 0 Å². The van der Waals surface area contributed by atoms with Crippen molar-refractivity contribution in [1.82, 2.24) is 0 Å². The lowest BCUT2D eigenvalue weighted by molar-refractivity contribution is -0.0892. The van der Waals surface area contributed by atoms with E-state index in [1.807, 2.05) is 19.9 Å². The van der Waals surface area contributed by atoms with Crippen LogP contribution in [0, 0.1) is 0 Å². The Bertz CT molecular complexity index is 524. The van der Waals surface area contributed by atoms with Crippen molar-refractivity contribution in [2.24, 2.45) is 0 Å². The molecule has 2 heterocycles. The quantitative estimate of drug-likeness (QED) is 0.857. The van der Waals surface area contributed by atoms with Gasteiger partial charge in [-0.3, -0.25) is 0 Å². The normalized spacial score (nSPS) is 12.7. The van der Waals surface area contributed by atoms with Gasteiger partial charge in [0.1, 0.15) is 0 Å². The Morgan fingerprint density at radius 2 is 1.84 bits per heavy atom. The molecule has 0 bridgehead atoms. The van der Waals surface area contributed by atoms with Crippen LogP contribution in [-0.4, -0.2) is 23.8 Å². The first kappa shape index (κ1) is 14.8. The molecule has 1 radical (unpaired) electrons. The van der Waals surface area contributed by atoms with Gasteiger partial charge in [-0.15, -0.1) is 22.7 Å². The Kier molecular flexibility index (Phi) is 4.21.